The van der Waals surface area contributed by atoms with Crippen LogP contribution >= 0.6 is 11.6 Å². The molecule has 1 rings (SSSR count). The highest BCUT2D eigenvalue weighted by molar-refractivity contribution is 6.34. The van der Waals surface area contributed by atoms with Crippen molar-refractivity contribution < 1.29 is 23.6 Å². The van der Waals surface area contributed by atoms with Crippen LogP contribution in [0.25, 0.3) is 0 Å². The zero-order valence-electron chi connectivity index (χ0n) is 7.75. The monoisotopic (exact) mass is 251 g/mol. The van der Waals surface area contributed by atoms with E-state index in [4.69, 9.17) is 16.7 Å². The number of halogens is 3. The van der Waals surface area contributed by atoms with E-state index in [0.29, 0.717) is 0 Å². The molecule has 0 saturated heterocycles. The van der Waals surface area contributed by atoms with E-state index >= 15 is 0 Å². The first kappa shape index (κ1) is 12.3. The Hall–Kier alpha value is -1.76. The maximum atomic E-state index is 13.2. The molecule has 0 aromatic heterocycles. The van der Waals surface area contributed by atoms with Crippen LogP contribution < -0.4 is 0 Å². The minimum atomic E-state index is -1.83. The quantitative estimate of drug-likeness (QED) is 0.497. The van der Waals surface area contributed by atoms with Crippen LogP contribution in [0.5, 0.6) is 0 Å². The largest absolute Gasteiger partial charge is 0.477 e. The van der Waals surface area contributed by atoms with Gasteiger partial charge in [0.15, 0.2) is 11.4 Å². The molecule has 1 N–H and O–H groups in total. The van der Waals surface area contributed by atoms with E-state index in [1.807, 2.05) is 0 Å². The van der Waals surface area contributed by atoms with Gasteiger partial charge in [0.05, 0.1) is 9.95 Å². The van der Waals surface area contributed by atoms with Crippen LogP contribution in [0.1, 0.15) is 15.9 Å². The standard InChI is InChI=1S/C8H4ClF2NO4/c1-2-4(9)3(8(13)14)7(12(15)16)6(11)5(2)10/h1H3,(H,13,14). The first-order chi connectivity index (χ1) is 7.29. The zero-order chi connectivity index (χ0) is 12.6. The summed E-state index contributed by atoms with van der Waals surface area (Å²) >= 11 is 5.42. The lowest BCUT2D eigenvalue weighted by atomic mass is 10.1. The lowest BCUT2D eigenvalue weighted by Gasteiger charge is -2.06. The van der Waals surface area contributed by atoms with Crippen molar-refractivity contribution in [3.8, 4) is 0 Å². The number of carboxylic acids is 1. The number of nitro benzene ring substituents is 1. The third-order valence-electron chi connectivity index (χ3n) is 1.91. The van der Waals surface area contributed by atoms with Gasteiger partial charge in [-0.05, 0) is 6.92 Å². The third kappa shape index (κ3) is 1.69. The van der Waals surface area contributed by atoms with Crippen molar-refractivity contribution in [1.82, 2.24) is 0 Å². The molecule has 0 radical (unpaired) electrons. The van der Waals surface area contributed by atoms with Crippen molar-refractivity contribution in [2.45, 2.75) is 6.92 Å². The lowest BCUT2D eigenvalue weighted by Crippen LogP contribution is -2.09. The van der Waals surface area contributed by atoms with Gasteiger partial charge in [-0.1, -0.05) is 11.6 Å². The summed E-state index contributed by atoms with van der Waals surface area (Å²) in [5.74, 6) is -5.15. The SMILES string of the molecule is Cc1c(F)c(F)c([N+](=O)[O-])c(C(=O)O)c1Cl. The molecule has 0 aliphatic rings. The molecular weight excluding hydrogens is 248 g/mol. The number of hydrogen-bond acceptors (Lipinski definition) is 3. The second kappa shape index (κ2) is 4.01. The molecule has 5 nitrogen and oxygen atoms in total. The van der Waals surface area contributed by atoms with Gasteiger partial charge >= 0.3 is 11.7 Å². The van der Waals surface area contributed by atoms with Gasteiger partial charge in [-0.2, -0.15) is 4.39 Å². The summed E-state index contributed by atoms with van der Waals surface area (Å²) in [4.78, 5) is 19.8. The van der Waals surface area contributed by atoms with E-state index in [-0.39, 0.29) is 0 Å². The van der Waals surface area contributed by atoms with E-state index in [1.165, 1.54) is 0 Å². The average Bonchev–Trinajstić information content (AvgIpc) is 2.18. The average molecular weight is 252 g/mol. The number of aromatic carboxylic acids is 1. The first-order valence-corrected chi connectivity index (χ1v) is 4.21. The predicted molar refractivity (Wildman–Crippen MR) is 49.7 cm³/mol. The van der Waals surface area contributed by atoms with E-state index < -0.39 is 44.4 Å². The topological polar surface area (TPSA) is 80.4 Å². The predicted octanol–water partition coefficient (Wildman–Crippen LogP) is 2.53. The Labute approximate surface area is 92.4 Å². The van der Waals surface area contributed by atoms with Crippen molar-refractivity contribution in [1.29, 1.82) is 0 Å². The summed E-state index contributed by atoms with van der Waals surface area (Å²) in [6, 6.07) is 0. The molecule has 1 aromatic rings. The van der Waals surface area contributed by atoms with Crippen LogP contribution in [0.3, 0.4) is 0 Å². The molecule has 0 saturated carbocycles. The Morgan fingerprint density at radius 3 is 2.31 bits per heavy atom. The van der Waals surface area contributed by atoms with Gasteiger partial charge < -0.3 is 5.11 Å². The summed E-state index contributed by atoms with van der Waals surface area (Å²) in [6.07, 6.45) is 0. The Morgan fingerprint density at radius 2 is 1.94 bits per heavy atom. The summed E-state index contributed by atoms with van der Waals surface area (Å²) in [5, 5.41) is 18.4. The van der Waals surface area contributed by atoms with E-state index in [2.05, 4.69) is 0 Å². The smallest absolute Gasteiger partial charge is 0.344 e. The second-order valence-electron chi connectivity index (χ2n) is 2.85. The van der Waals surface area contributed by atoms with Gasteiger partial charge in [0.25, 0.3) is 0 Å². The normalized spacial score (nSPS) is 10.2. The molecule has 86 valence electrons. The molecular formula is C8H4ClF2NO4. The molecule has 8 heteroatoms. The third-order valence-corrected chi connectivity index (χ3v) is 2.38. The molecule has 0 spiro atoms. The van der Waals surface area contributed by atoms with Gasteiger partial charge in [-0.25, -0.2) is 9.18 Å². The number of rotatable bonds is 2. The molecule has 0 aliphatic carbocycles. The van der Waals surface area contributed by atoms with Crippen molar-refractivity contribution in [2.75, 3.05) is 0 Å². The number of carboxylic acid groups (broad SMARTS) is 1. The fourth-order valence-corrected chi connectivity index (χ4v) is 1.39. The molecule has 0 amide bonds. The van der Waals surface area contributed by atoms with Gasteiger partial charge in [0, 0.05) is 5.56 Å². The minimum Gasteiger partial charge on any atom is -0.477 e. The highest BCUT2D eigenvalue weighted by atomic mass is 35.5. The number of benzene rings is 1. The van der Waals surface area contributed by atoms with Crippen LogP contribution in [0.2, 0.25) is 5.02 Å². The van der Waals surface area contributed by atoms with Gasteiger partial charge in [-0.15, -0.1) is 0 Å². The van der Waals surface area contributed by atoms with E-state index in [9.17, 15) is 23.7 Å². The number of nitro groups is 1. The molecule has 0 heterocycles. The minimum absolute atomic E-state index is 0.484. The van der Waals surface area contributed by atoms with E-state index in [1.54, 1.807) is 0 Å². The Balaban J connectivity index is 3.83. The van der Waals surface area contributed by atoms with Crippen molar-refractivity contribution in [3.05, 3.63) is 37.9 Å². The van der Waals surface area contributed by atoms with Crippen molar-refractivity contribution in [2.24, 2.45) is 0 Å². The van der Waals surface area contributed by atoms with Gasteiger partial charge in [0.2, 0.25) is 5.82 Å². The lowest BCUT2D eigenvalue weighted by molar-refractivity contribution is -0.388. The van der Waals surface area contributed by atoms with Gasteiger partial charge in [0.1, 0.15) is 0 Å². The van der Waals surface area contributed by atoms with Crippen LogP contribution in [0, 0.1) is 28.7 Å². The highest BCUT2D eigenvalue weighted by Crippen LogP contribution is 2.34. The summed E-state index contributed by atoms with van der Waals surface area (Å²) in [6.45, 7) is 1.02. The molecule has 0 atom stereocenters. The Kier molecular flexibility index (Phi) is 3.09. The summed E-state index contributed by atoms with van der Waals surface area (Å²) in [7, 11) is 0. The highest BCUT2D eigenvalue weighted by Gasteiger charge is 2.33. The molecule has 1 aromatic carbocycles. The van der Waals surface area contributed by atoms with Crippen LogP contribution in [-0.2, 0) is 0 Å². The Bertz CT molecular complexity index is 459. The number of nitrogens with zero attached hydrogens (tertiary/aromatic N) is 1. The Morgan fingerprint density at radius 1 is 1.44 bits per heavy atom. The number of carbonyl (C=O) groups is 1. The fourth-order valence-electron chi connectivity index (χ4n) is 1.13. The van der Waals surface area contributed by atoms with Crippen molar-refractivity contribution in [3.63, 3.8) is 0 Å². The van der Waals surface area contributed by atoms with Gasteiger partial charge in [-0.3, -0.25) is 10.1 Å². The maximum Gasteiger partial charge on any atom is 0.344 e. The molecule has 0 aliphatic heterocycles. The second-order valence-corrected chi connectivity index (χ2v) is 3.23. The molecule has 0 bridgehead atoms. The van der Waals surface area contributed by atoms with Crippen LogP contribution in [0.4, 0.5) is 14.5 Å². The summed E-state index contributed by atoms with van der Waals surface area (Å²) in [5.41, 5.74) is -3.01. The van der Waals surface area contributed by atoms with Crippen LogP contribution in [0.15, 0.2) is 0 Å². The molecule has 16 heavy (non-hydrogen) atoms. The van der Waals surface area contributed by atoms with Crippen LogP contribution in [-0.4, -0.2) is 16.0 Å². The zero-order valence-corrected chi connectivity index (χ0v) is 8.51. The maximum absolute atomic E-state index is 13.2. The summed E-state index contributed by atoms with van der Waals surface area (Å²) < 4.78 is 26.3. The number of hydrogen-bond donors (Lipinski definition) is 1. The van der Waals surface area contributed by atoms with Crippen molar-refractivity contribution >= 4 is 23.3 Å². The fraction of sp³-hybridized carbons (Fsp3) is 0.125. The molecule has 0 unspecified atom stereocenters. The first-order valence-electron chi connectivity index (χ1n) is 3.83. The van der Waals surface area contributed by atoms with E-state index in [0.717, 1.165) is 6.92 Å². The molecule has 0 fully saturated rings.